The number of hydrogen-bond acceptors (Lipinski definition) is 6. The van der Waals surface area contributed by atoms with Crippen molar-refractivity contribution in [3.8, 4) is 5.75 Å². The molecule has 1 saturated heterocycles. The number of carboxylic acids is 1. The highest BCUT2D eigenvalue weighted by Gasteiger charge is 2.54. The summed E-state index contributed by atoms with van der Waals surface area (Å²) >= 11 is 6.69. The van der Waals surface area contributed by atoms with Crippen molar-refractivity contribution >= 4 is 29.4 Å². The number of fused-ring (bicyclic) bond motifs is 1. The van der Waals surface area contributed by atoms with Gasteiger partial charge in [0.25, 0.3) is 6.43 Å². The second kappa shape index (κ2) is 11.0. The Morgan fingerprint density at radius 1 is 1.23 bits per heavy atom. The smallest absolute Gasteiger partial charge is 0.310 e. The number of aliphatic carboxylic acids is 1. The maximum Gasteiger partial charge on any atom is 0.310 e. The topological polar surface area (TPSA) is 118 Å². The van der Waals surface area contributed by atoms with Gasteiger partial charge in [-0.2, -0.15) is 0 Å². The number of amides is 2. The van der Waals surface area contributed by atoms with Crippen molar-refractivity contribution in [1.29, 1.82) is 0 Å². The Morgan fingerprint density at radius 3 is 2.67 bits per heavy atom. The Balaban J connectivity index is 1.38. The molecule has 1 spiro atoms. The average molecular weight is 620 g/mol. The number of likely N-dealkylation sites (tertiary alicyclic amines) is 1. The van der Waals surface area contributed by atoms with Crippen LogP contribution < -0.4 is 4.74 Å². The zero-order valence-electron chi connectivity index (χ0n) is 24.3. The summed E-state index contributed by atoms with van der Waals surface area (Å²) in [5.41, 5.74) is -0.177. The van der Waals surface area contributed by atoms with E-state index in [4.69, 9.17) is 16.3 Å². The van der Waals surface area contributed by atoms with Crippen LogP contribution in [0.2, 0.25) is 5.02 Å². The molecule has 3 heterocycles. The number of carboxylic acid groups (broad SMARTS) is 1. The normalized spacial score (nSPS) is 26.2. The number of aromatic nitrogens is 3. The van der Waals surface area contributed by atoms with Crippen LogP contribution in [0.3, 0.4) is 0 Å². The van der Waals surface area contributed by atoms with Crippen LogP contribution in [0.5, 0.6) is 5.75 Å². The molecule has 2 aliphatic heterocycles. The highest BCUT2D eigenvalue weighted by molar-refractivity contribution is 6.31. The van der Waals surface area contributed by atoms with Crippen molar-refractivity contribution in [2.45, 2.75) is 77.4 Å². The molecule has 2 saturated carbocycles. The van der Waals surface area contributed by atoms with Crippen molar-refractivity contribution in [2.24, 2.45) is 23.8 Å². The minimum absolute atomic E-state index is 0.0000166. The molecule has 43 heavy (non-hydrogen) atoms. The standard InChI is InChI=1S/C30H36ClF2N5O5/c1-29(28(41)42)9-4-3-5-18(29)27(40)38-12-8-17-19(31)6-7-22(43-15-20-25(26(32)33)36(2)35-34-20)24(17)21(38)14-37-16-30(10-11-30)13-23(37)39/h6-7,18,21,26H,3-5,8-16H2,1-2H3,(H,41,42)/t18-,21?,29-/m0/s1. The number of benzene rings is 1. The fourth-order valence-electron chi connectivity index (χ4n) is 7.34. The van der Waals surface area contributed by atoms with Gasteiger partial charge in [-0.15, -0.1) is 5.10 Å². The van der Waals surface area contributed by atoms with Gasteiger partial charge in [0.15, 0.2) is 0 Å². The minimum atomic E-state index is -2.80. The number of ether oxygens (including phenoxy) is 1. The van der Waals surface area contributed by atoms with Crippen LogP contribution in [0.15, 0.2) is 12.1 Å². The predicted molar refractivity (Wildman–Crippen MR) is 150 cm³/mol. The van der Waals surface area contributed by atoms with Gasteiger partial charge >= 0.3 is 5.97 Å². The lowest BCUT2D eigenvalue weighted by molar-refractivity contribution is -0.162. The van der Waals surface area contributed by atoms with E-state index in [1.807, 2.05) is 0 Å². The Labute approximate surface area is 253 Å². The minimum Gasteiger partial charge on any atom is -0.487 e. The van der Waals surface area contributed by atoms with E-state index in [-0.39, 0.29) is 41.8 Å². The third-order valence-electron chi connectivity index (χ3n) is 10.1. The zero-order valence-corrected chi connectivity index (χ0v) is 25.1. The van der Waals surface area contributed by atoms with Crippen molar-refractivity contribution in [1.82, 2.24) is 24.8 Å². The van der Waals surface area contributed by atoms with E-state index in [2.05, 4.69) is 10.3 Å². The largest absolute Gasteiger partial charge is 0.487 e. The van der Waals surface area contributed by atoms with E-state index >= 15 is 0 Å². The summed E-state index contributed by atoms with van der Waals surface area (Å²) in [5.74, 6) is -1.59. The van der Waals surface area contributed by atoms with Gasteiger partial charge in [0.1, 0.15) is 23.7 Å². The first-order valence-electron chi connectivity index (χ1n) is 14.9. The Kier molecular flexibility index (Phi) is 7.63. The molecule has 1 aromatic carbocycles. The van der Waals surface area contributed by atoms with Gasteiger partial charge in [0.05, 0.1) is 17.4 Å². The molecule has 4 aliphatic rings. The number of rotatable bonds is 8. The zero-order chi connectivity index (χ0) is 30.7. The molecule has 10 nitrogen and oxygen atoms in total. The first-order chi connectivity index (χ1) is 20.4. The fourth-order valence-corrected chi connectivity index (χ4v) is 7.60. The molecule has 232 valence electrons. The number of carbonyl (C=O) groups is 3. The second-order valence-corrected chi connectivity index (χ2v) is 13.2. The summed E-state index contributed by atoms with van der Waals surface area (Å²) in [7, 11) is 1.39. The van der Waals surface area contributed by atoms with E-state index in [1.54, 1.807) is 28.9 Å². The monoisotopic (exact) mass is 619 g/mol. The van der Waals surface area contributed by atoms with Gasteiger partial charge in [-0.3, -0.25) is 14.4 Å². The molecule has 2 aliphatic carbocycles. The van der Waals surface area contributed by atoms with Gasteiger partial charge in [0, 0.05) is 43.7 Å². The molecule has 6 rings (SSSR count). The van der Waals surface area contributed by atoms with Crippen molar-refractivity contribution in [3.63, 3.8) is 0 Å². The molecule has 3 fully saturated rings. The number of hydrogen-bond donors (Lipinski definition) is 1. The third kappa shape index (κ3) is 5.25. The Morgan fingerprint density at radius 2 is 2.00 bits per heavy atom. The van der Waals surface area contributed by atoms with Crippen molar-refractivity contribution in [3.05, 3.63) is 39.7 Å². The van der Waals surface area contributed by atoms with Crippen molar-refractivity contribution < 1.29 is 33.0 Å². The van der Waals surface area contributed by atoms with Crippen LogP contribution in [-0.2, 0) is 34.5 Å². The predicted octanol–water partition coefficient (Wildman–Crippen LogP) is 4.70. The van der Waals surface area contributed by atoms with Gasteiger partial charge < -0.3 is 19.6 Å². The van der Waals surface area contributed by atoms with Crippen LogP contribution in [-0.4, -0.2) is 67.3 Å². The van der Waals surface area contributed by atoms with Gasteiger partial charge in [0.2, 0.25) is 11.8 Å². The molecule has 0 bridgehead atoms. The first-order valence-corrected chi connectivity index (χ1v) is 15.2. The molecule has 1 aromatic heterocycles. The van der Waals surface area contributed by atoms with Gasteiger partial charge in [-0.25, -0.2) is 13.5 Å². The van der Waals surface area contributed by atoms with E-state index in [0.29, 0.717) is 55.1 Å². The van der Waals surface area contributed by atoms with Crippen LogP contribution in [0, 0.1) is 16.7 Å². The number of alkyl halides is 2. The molecule has 1 N–H and O–H groups in total. The quantitative estimate of drug-likeness (QED) is 0.455. The Hall–Kier alpha value is -3.28. The van der Waals surface area contributed by atoms with E-state index in [9.17, 15) is 28.3 Å². The highest BCUT2D eigenvalue weighted by Crippen LogP contribution is 2.54. The lowest BCUT2D eigenvalue weighted by Crippen LogP contribution is -2.52. The molecular formula is C30H36ClF2N5O5. The van der Waals surface area contributed by atoms with Crippen LogP contribution in [0.4, 0.5) is 8.78 Å². The third-order valence-corrected chi connectivity index (χ3v) is 10.5. The van der Waals surface area contributed by atoms with E-state index in [1.165, 1.54) is 7.05 Å². The highest BCUT2D eigenvalue weighted by atomic mass is 35.5. The van der Waals surface area contributed by atoms with E-state index in [0.717, 1.165) is 35.9 Å². The fraction of sp³-hybridized carbons (Fsp3) is 0.633. The van der Waals surface area contributed by atoms with Crippen LogP contribution in [0.25, 0.3) is 0 Å². The second-order valence-electron chi connectivity index (χ2n) is 12.8. The maximum absolute atomic E-state index is 14.4. The Bertz CT molecular complexity index is 1460. The summed E-state index contributed by atoms with van der Waals surface area (Å²) in [6, 6.07) is 2.67. The summed E-state index contributed by atoms with van der Waals surface area (Å²) in [5, 5.41) is 18.2. The number of halogens is 3. The molecular weight excluding hydrogens is 584 g/mol. The number of carbonyl (C=O) groups excluding carboxylic acids is 2. The summed E-state index contributed by atoms with van der Waals surface area (Å²) in [6.07, 6.45) is 2.42. The maximum atomic E-state index is 14.4. The molecule has 13 heteroatoms. The van der Waals surface area contributed by atoms with Crippen molar-refractivity contribution in [2.75, 3.05) is 19.6 Å². The summed E-state index contributed by atoms with van der Waals surface area (Å²) < 4.78 is 34.6. The SMILES string of the molecule is Cn1nnc(COc2ccc(Cl)c3c2C(CN2CC4(CC4)CC2=O)N(C(=O)[C@@H]2CCCC[C@]2(C)C(=O)O)CC3)c1C(F)F. The summed E-state index contributed by atoms with van der Waals surface area (Å²) in [4.78, 5) is 43.4. The van der Waals surface area contributed by atoms with Gasteiger partial charge in [-0.05, 0) is 62.1 Å². The molecule has 2 amide bonds. The molecule has 0 radical (unpaired) electrons. The molecule has 1 unspecified atom stereocenters. The molecule has 2 aromatic rings. The van der Waals surface area contributed by atoms with Gasteiger partial charge in [-0.1, -0.05) is 29.7 Å². The molecule has 3 atom stereocenters. The first kappa shape index (κ1) is 29.8. The lowest BCUT2D eigenvalue weighted by atomic mass is 9.66. The van der Waals surface area contributed by atoms with Crippen LogP contribution >= 0.6 is 11.6 Å². The number of aryl methyl sites for hydroxylation is 1. The van der Waals surface area contributed by atoms with Crippen LogP contribution in [0.1, 0.15) is 86.9 Å². The lowest BCUT2D eigenvalue weighted by Gasteiger charge is -2.45. The average Bonchev–Trinajstić information content (AvgIpc) is 3.50. The number of nitrogens with zero attached hydrogens (tertiary/aromatic N) is 5. The van der Waals surface area contributed by atoms with E-state index < -0.39 is 29.8 Å². The summed E-state index contributed by atoms with van der Waals surface area (Å²) in [6.45, 7) is 2.48.